The molecule has 118 valence electrons. The Morgan fingerprint density at radius 1 is 1.41 bits per heavy atom. The van der Waals surface area contributed by atoms with E-state index in [0.717, 1.165) is 9.97 Å². The molecule has 1 N–H and O–H groups in total. The van der Waals surface area contributed by atoms with Crippen LogP contribution in [0.2, 0.25) is 0 Å². The van der Waals surface area contributed by atoms with Crippen LogP contribution in [0.25, 0.3) is 0 Å². The highest BCUT2D eigenvalue weighted by Gasteiger charge is 2.19. The van der Waals surface area contributed by atoms with Gasteiger partial charge in [-0.05, 0) is 13.0 Å². The molecule has 0 atom stereocenters. The van der Waals surface area contributed by atoms with Crippen LogP contribution in [-0.2, 0) is 16.0 Å². The fourth-order valence-electron chi connectivity index (χ4n) is 1.54. The van der Waals surface area contributed by atoms with E-state index in [2.05, 4.69) is 36.1 Å². The molecule has 1 amide bonds. The minimum atomic E-state index is -0.170. The molecule has 0 aromatic carbocycles. The molecule has 2 aromatic rings. The second kappa shape index (κ2) is 7.11. The number of oxazole rings is 1. The van der Waals surface area contributed by atoms with Gasteiger partial charge < -0.3 is 4.42 Å². The number of allylic oxidation sites excluding steroid dienone is 1. The monoisotopic (exact) mass is 337 g/mol. The predicted molar refractivity (Wildman–Crippen MR) is 90.3 cm³/mol. The van der Waals surface area contributed by atoms with Crippen molar-refractivity contribution in [1.29, 1.82) is 0 Å². The van der Waals surface area contributed by atoms with Gasteiger partial charge in [-0.3, -0.25) is 10.1 Å². The molecule has 22 heavy (non-hydrogen) atoms. The van der Waals surface area contributed by atoms with Gasteiger partial charge in [-0.25, -0.2) is 9.97 Å². The second-order valence-electron chi connectivity index (χ2n) is 5.63. The van der Waals surface area contributed by atoms with Crippen molar-refractivity contribution in [2.24, 2.45) is 0 Å². The summed E-state index contributed by atoms with van der Waals surface area (Å²) in [6.07, 6.45) is 6.68. The number of thioether (sulfide) groups is 1. The van der Waals surface area contributed by atoms with E-state index in [1.54, 1.807) is 37.2 Å². The van der Waals surface area contributed by atoms with Crippen LogP contribution in [0.5, 0.6) is 0 Å². The number of hydrogen-bond donors (Lipinski definition) is 1. The van der Waals surface area contributed by atoms with Crippen LogP contribution in [0.3, 0.4) is 0 Å². The Hall–Kier alpha value is -1.60. The van der Waals surface area contributed by atoms with Crippen LogP contribution < -0.4 is 5.32 Å². The molecule has 0 unspecified atom stereocenters. The van der Waals surface area contributed by atoms with Crippen molar-refractivity contribution in [1.82, 2.24) is 9.97 Å². The number of carbonyl (C=O) groups excluding carboxylic acids is 1. The molecule has 0 bridgehead atoms. The smallest absolute Gasteiger partial charge is 0.249 e. The number of hydrogen-bond acceptors (Lipinski definition) is 6. The fraction of sp³-hybridized carbons (Fsp3) is 0.400. The summed E-state index contributed by atoms with van der Waals surface area (Å²) in [4.78, 5) is 19.9. The number of carbonyl (C=O) groups is 1. The van der Waals surface area contributed by atoms with Crippen molar-refractivity contribution in [3.8, 4) is 0 Å². The first-order valence-electron chi connectivity index (χ1n) is 6.86. The van der Waals surface area contributed by atoms with Crippen molar-refractivity contribution >= 4 is 34.1 Å². The van der Waals surface area contributed by atoms with Crippen LogP contribution in [0, 0.1) is 0 Å². The highest BCUT2D eigenvalue weighted by molar-refractivity contribution is 8.00. The zero-order valence-corrected chi connectivity index (χ0v) is 14.7. The topological polar surface area (TPSA) is 68.0 Å². The molecular weight excluding hydrogens is 318 g/mol. The summed E-state index contributed by atoms with van der Waals surface area (Å²) in [5.41, 5.74) is -0.0371. The van der Waals surface area contributed by atoms with Crippen LogP contribution in [-0.4, -0.2) is 15.9 Å². The second-order valence-corrected chi connectivity index (χ2v) is 7.94. The Balaban J connectivity index is 1.91. The van der Waals surface area contributed by atoms with E-state index in [4.69, 9.17) is 4.42 Å². The Kier molecular flexibility index (Phi) is 5.42. The molecule has 2 rings (SSSR count). The third-order valence-electron chi connectivity index (χ3n) is 2.66. The van der Waals surface area contributed by atoms with E-state index >= 15 is 0 Å². The van der Waals surface area contributed by atoms with E-state index in [0.29, 0.717) is 16.8 Å². The Morgan fingerprint density at radius 3 is 2.82 bits per heavy atom. The fourth-order valence-corrected chi connectivity index (χ4v) is 3.27. The molecule has 0 aliphatic rings. The normalized spacial score (nSPS) is 12.0. The maximum absolute atomic E-state index is 11.4. The Morgan fingerprint density at radius 2 is 2.18 bits per heavy atom. The average Bonchev–Trinajstić information content (AvgIpc) is 3.04. The number of anilines is 1. The molecule has 2 aromatic heterocycles. The standard InChI is InChI=1S/C15H19N3O2S2/c1-5-6-11(19)18-14-17-8-13(22-14)21-9-12-16-7-10(20-12)15(2,3)4/h5-8H,9H2,1-4H3,(H,17,18,19)/b6-5+. The highest BCUT2D eigenvalue weighted by atomic mass is 32.2. The molecule has 0 aliphatic carbocycles. The first-order valence-corrected chi connectivity index (χ1v) is 8.66. The lowest BCUT2D eigenvalue weighted by Crippen LogP contribution is -2.09. The van der Waals surface area contributed by atoms with Gasteiger partial charge in [0.05, 0.1) is 22.4 Å². The number of thiazole rings is 1. The zero-order chi connectivity index (χ0) is 16.2. The van der Waals surface area contributed by atoms with Gasteiger partial charge in [-0.1, -0.05) is 38.2 Å². The summed E-state index contributed by atoms with van der Waals surface area (Å²) >= 11 is 3.02. The quantitative estimate of drug-likeness (QED) is 0.653. The highest BCUT2D eigenvalue weighted by Crippen LogP contribution is 2.31. The molecule has 2 heterocycles. The molecule has 0 aliphatic heterocycles. The molecule has 0 fully saturated rings. The third kappa shape index (κ3) is 4.71. The molecule has 0 saturated heterocycles. The Labute approximate surface area is 138 Å². The molecular formula is C15H19N3O2S2. The van der Waals surface area contributed by atoms with E-state index in [9.17, 15) is 4.79 Å². The maximum atomic E-state index is 11.4. The number of aromatic nitrogens is 2. The van der Waals surface area contributed by atoms with Gasteiger partial charge >= 0.3 is 0 Å². The SMILES string of the molecule is C/C=C/C(=O)Nc1ncc(SCc2ncc(C(C)(C)C)o2)s1. The molecule has 0 saturated carbocycles. The molecule has 0 spiro atoms. The van der Waals surface area contributed by atoms with Gasteiger partial charge in [0.15, 0.2) is 5.13 Å². The van der Waals surface area contributed by atoms with Crippen molar-refractivity contribution in [2.75, 3.05) is 5.32 Å². The summed E-state index contributed by atoms with van der Waals surface area (Å²) in [5, 5.41) is 3.31. The minimum absolute atomic E-state index is 0.0371. The van der Waals surface area contributed by atoms with E-state index in [1.807, 2.05) is 0 Å². The zero-order valence-electron chi connectivity index (χ0n) is 13.0. The predicted octanol–water partition coefficient (Wildman–Crippen LogP) is 4.24. The first kappa shape index (κ1) is 16.8. The Bertz CT molecular complexity index is 668. The number of nitrogens with one attached hydrogen (secondary N) is 1. The summed E-state index contributed by atoms with van der Waals surface area (Å²) in [7, 11) is 0. The first-order chi connectivity index (χ1) is 10.4. The lowest BCUT2D eigenvalue weighted by atomic mass is 9.94. The number of nitrogens with zero attached hydrogens (tertiary/aromatic N) is 2. The average molecular weight is 337 g/mol. The number of rotatable bonds is 5. The van der Waals surface area contributed by atoms with Crippen molar-refractivity contribution < 1.29 is 9.21 Å². The van der Waals surface area contributed by atoms with Crippen molar-refractivity contribution in [2.45, 2.75) is 43.1 Å². The van der Waals surface area contributed by atoms with Gasteiger partial charge in [-0.2, -0.15) is 0 Å². The van der Waals surface area contributed by atoms with Crippen LogP contribution in [0.1, 0.15) is 39.3 Å². The third-order valence-corrected chi connectivity index (χ3v) is 4.76. The van der Waals surface area contributed by atoms with Gasteiger partial charge in [0.2, 0.25) is 11.8 Å². The lowest BCUT2D eigenvalue weighted by molar-refractivity contribution is -0.111. The molecule has 5 nitrogen and oxygen atoms in total. The van der Waals surface area contributed by atoms with Gasteiger partial charge in [-0.15, -0.1) is 11.8 Å². The van der Waals surface area contributed by atoms with Crippen LogP contribution in [0.15, 0.2) is 33.2 Å². The van der Waals surface area contributed by atoms with E-state index in [-0.39, 0.29) is 11.3 Å². The maximum Gasteiger partial charge on any atom is 0.249 e. The number of amides is 1. The van der Waals surface area contributed by atoms with Crippen LogP contribution in [0.4, 0.5) is 5.13 Å². The summed E-state index contributed by atoms with van der Waals surface area (Å²) < 4.78 is 6.75. The van der Waals surface area contributed by atoms with Gasteiger partial charge in [0.1, 0.15) is 5.76 Å². The lowest BCUT2D eigenvalue weighted by Gasteiger charge is -2.12. The van der Waals surface area contributed by atoms with E-state index in [1.165, 1.54) is 17.4 Å². The summed E-state index contributed by atoms with van der Waals surface area (Å²) in [6, 6.07) is 0. The van der Waals surface area contributed by atoms with Gasteiger partial charge in [0, 0.05) is 5.41 Å². The minimum Gasteiger partial charge on any atom is -0.444 e. The van der Waals surface area contributed by atoms with Crippen LogP contribution >= 0.6 is 23.1 Å². The summed E-state index contributed by atoms with van der Waals surface area (Å²) in [5.74, 6) is 2.05. The largest absolute Gasteiger partial charge is 0.444 e. The van der Waals surface area contributed by atoms with Crippen molar-refractivity contribution in [3.05, 3.63) is 36.2 Å². The van der Waals surface area contributed by atoms with Gasteiger partial charge in [0.25, 0.3) is 0 Å². The molecule has 0 radical (unpaired) electrons. The van der Waals surface area contributed by atoms with E-state index < -0.39 is 0 Å². The summed E-state index contributed by atoms with van der Waals surface area (Å²) in [6.45, 7) is 8.07. The van der Waals surface area contributed by atoms with Crippen molar-refractivity contribution in [3.63, 3.8) is 0 Å². The molecule has 7 heteroatoms.